The molecule has 0 aromatic heterocycles. The fraction of sp³-hybridized carbons (Fsp3) is 0.333. The van der Waals surface area contributed by atoms with Crippen molar-refractivity contribution in [2.24, 2.45) is 5.73 Å². The number of benzene rings is 1. The lowest BCUT2D eigenvalue weighted by atomic mass is 10.1. The van der Waals surface area contributed by atoms with Crippen molar-refractivity contribution in [3.05, 3.63) is 35.6 Å². The second-order valence-corrected chi connectivity index (χ2v) is 2.48. The Hall–Kier alpha value is -0.930. The lowest BCUT2D eigenvalue weighted by Gasteiger charge is -2.13. The second-order valence-electron chi connectivity index (χ2n) is 2.48. The lowest BCUT2D eigenvalue weighted by molar-refractivity contribution is 0.107. The SMILES string of the molecule is CO[C@@H](CN)c1ccccc1F. The highest BCUT2D eigenvalue weighted by Gasteiger charge is 2.11. The van der Waals surface area contributed by atoms with Crippen LogP contribution in [0.3, 0.4) is 0 Å². The minimum absolute atomic E-state index is 0.269. The van der Waals surface area contributed by atoms with Crippen LogP contribution in [-0.2, 0) is 4.74 Å². The quantitative estimate of drug-likeness (QED) is 0.743. The molecule has 12 heavy (non-hydrogen) atoms. The summed E-state index contributed by atoms with van der Waals surface area (Å²) in [7, 11) is 1.52. The summed E-state index contributed by atoms with van der Waals surface area (Å²) in [5, 5.41) is 0. The number of ether oxygens (including phenoxy) is 1. The fourth-order valence-electron chi connectivity index (χ4n) is 1.09. The Labute approximate surface area is 71.1 Å². The van der Waals surface area contributed by atoms with Gasteiger partial charge in [-0.2, -0.15) is 0 Å². The minimum atomic E-state index is -0.341. The zero-order valence-electron chi connectivity index (χ0n) is 6.96. The van der Waals surface area contributed by atoms with Crippen LogP contribution in [0.4, 0.5) is 4.39 Å². The smallest absolute Gasteiger partial charge is 0.129 e. The maximum absolute atomic E-state index is 13.1. The number of nitrogens with two attached hydrogens (primary N) is 1. The van der Waals surface area contributed by atoms with Gasteiger partial charge in [-0.15, -0.1) is 0 Å². The molecule has 1 rings (SSSR count). The van der Waals surface area contributed by atoms with Crippen LogP contribution in [0.25, 0.3) is 0 Å². The van der Waals surface area contributed by atoms with Gasteiger partial charge in [0.1, 0.15) is 5.82 Å². The standard InChI is InChI=1S/C9H12FNO/c1-12-9(6-11)7-4-2-3-5-8(7)10/h2-5,9H,6,11H2,1H3/t9-/m0/s1. The zero-order valence-corrected chi connectivity index (χ0v) is 6.96. The van der Waals surface area contributed by atoms with Crippen LogP contribution >= 0.6 is 0 Å². The van der Waals surface area contributed by atoms with Gasteiger partial charge in [0.05, 0.1) is 6.10 Å². The summed E-state index contributed by atoms with van der Waals surface area (Å²) >= 11 is 0. The van der Waals surface area contributed by atoms with Gasteiger partial charge in [-0.3, -0.25) is 0 Å². The normalized spacial score (nSPS) is 12.9. The van der Waals surface area contributed by atoms with Gasteiger partial charge < -0.3 is 10.5 Å². The molecule has 0 bridgehead atoms. The van der Waals surface area contributed by atoms with Crippen molar-refractivity contribution >= 4 is 0 Å². The van der Waals surface area contributed by atoms with Crippen molar-refractivity contribution < 1.29 is 9.13 Å². The summed E-state index contributed by atoms with van der Waals surface area (Å²) in [4.78, 5) is 0. The van der Waals surface area contributed by atoms with Gasteiger partial charge in [0, 0.05) is 19.2 Å². The number of hydrogen-bond donors (Lipinski definition) is 1. The summed E-state index contributed by atoms with van der Waals surface area (Å²) < 4.78 is 18.1. The van der Waals surface area contributed by atoms with E-state index in [2.05, 4.69) is 0 Å². The molecule has 0 amide bonds. The molecule has 0 saturated carbocycles. The third-order valence-electron chi connectivity index (χ3n) is 1.75. The predicted octanol–water partition coefficient (Wildman–Crippen LogP) is 1.47. The maximum atomic E-state index is 13.1. The first kappa shape index (κ1) is 9.16. The monoisotopic (exact) mass is 169 g/mol. The van der Waals surface area contributed by atoms with E-state index in [1.807, 2.05) is 0 Å². The van der Waals surface area contributed by atoms with Crippen molar-refractivity contribution in [3.63, 3.8) is 0 Å². The summed E-state index contributed by atoms with van der Waals surface area (Å²) in [6.07, 6.45) is -0.341. The molecule has 0 aliphatic heterocycles. The van der Waals surface area contributed by atoms with Crippen molar-refractivity contribution in [2.75, 3.05) is 13.7 Å². The Morgan fingerprint density at radius 1 is 1.50 bits per heavy atom. The highest BCUT2D eigenvalue weighted by molar-refractivity contribution is 5.20. The van der Waals surface area contributed by atoms with Crippen LogP contribution in [0.15, 0.2) is 24.3 Å². The Morgan fingerprint density at radius 2 is 2.17 bits per heavy atom. The molecule has 0 fully saturated rings. The average Bonchev–Trinajstić information content (AvgIpc) is 2.10. The topological polar surface area (TPSA) is 35.2 Å². The van der Waals surface area contributed by atoms with E-state index in [9.17, 15) is 4.39 Å². The molecular weight excluding hydrogens is 157 g/mol. The van der Waals surface area contributed by atoms with Gasteiger partial charge in [-0.1, -0.05) is 18.2 Å². The molecule has 0 spiro atoms. The van der Waals surface area contributed by atoms with E-state index in [0.29, 0.717) is 5.56 Å². The van der Waals surface area contributed by atoms with E-state index in [1.54, 1.807) is 18.2 Å². The van der Waals surface area contributed by atoms with Crippen molar-refractivity contribution in [1.82, 2.24) is 0 Å². The Balaban J connectivity index is 2.92. The molecule has 1 atom stereocenters. The Morgan fingerprint density at radius 3 is 2.67 bits per heavy atom. The van der Waals surface area contributed by atoms with Crippen molar-refractivity contribution in [3.8, 4) is 0 Å². The van der Waals surface area contributed by atoms with Crippen LogP contribution < -0.4 is 5.73 Å². The second kappa shape index (κ2) is 4.18. The summed E-state index contributed by atoms with van der Waals surface area (Å²) in [6.45, 7) is 0.289. The summed E-state index contributed by atoms with van der Waals surface area (Å²) in [5.74, 6) is -0.269. The maximum Gasteiger partial charge on any atom is 0.129 e. The van der Waals surface area contributed by atoms with E-state index in [1.165, 1.54) is 13.2 Å². The molecule has 0 unspecified atom stereocenters. The number of hydrogen-bond acceptors (Lipinski definition) is 2. The molecule has 1 aromatic carbocycles. The molecule has 0 saturated heterocycles. The first-order valence-electron chi connectivity index (χ1n) is 3.77. The first-order chi connectivity index (χ1) is 5.79. The highest BCUT2D eigenvalue weighted by Crippen LogP contribution is 2.17. The fourth-order valence-corrected chi connectivity index (χ4v) is 1.09. The van der Waals surface area contributed by atoms with Crippen LogP contribution in [0.1, 0.15) is 11.7 Å². The predicted molar refractivity (Wildman–Crippen MR) is 45.2 cm³/mol. The third-order valence-corrected chi connectivity index (χ3v) is 1.75. The zero-order chi connectivity index (χ0) is 8.97. The van der Waals surface area contributed by atoms with Crippen LogP contribution in [0.2, 0.25) is 0 Å². The summed E-state index contributed by atoms with van der Waals surface area (Å²) in [6, 6.07) is 6.48. The highest BCUT2D eigenvalue weighted by atomic mass is 19.1. The van der Waals surface area contributed by atoms with Gasteiger partial charge in [0.2, 0.25) is 0 Å². The van der Waals surface area contributed by atoms with Gasteiger partial charge in [-0.25, -0.2) is 4.39 Å². The molecule has 3 heteroatoms. The number of methoxy groups -OCH3 is 1. The van der Waals surface area contributed by atoms with Gasteiger partial charge in [0.25, 0.3) is 0 Å². The molecule has 0 aliphatic carbocycles. The van der Waals surface area contributed by atoms with Gasteiger partial charge >= 0.3 is 0 Å². The molecular formula is C9H12FNO. The molecule has 0 radical (unpaired) electrons. The van der Waals surface area contributed by atoms with Gasteiger partial charge in [0.15, 0.2) is 0 Å². The molecule has 2 N–H and O–H groups in total. The van der Waals surface area contributed by atoms with Crippen LogP contribution in [0, 0.1) is 5.82 Å². The first-order valence-corrected chi connectivity index (χ1v) is 3.77. The van der Waals surface area contributed by atoms with Crippen molar-refractivity contribution in [1.29, 1.82) is 0 Å². The molecule has 0 aliphatic rings. The minimum Gasteiger partial charge on any atom is -0.375 e. The van der Waals surface area contributed by atoms with Gasteiger partial charge in [-0.05, 0) is 6.07 Å². The van der Waals surface area contributed by atoms with Crippen LogP contribution in [0.5, 0.6) is 0 Å². The van der Waals surface area contributed by atoms with E-state index in [0.717, 1.165) is 0 Å². The van der Waals surface area contributed by atoms with E-state index >= 15 is 0 Å². The van der Waals surface area contributed by atoms with E-state index < -0.39 is 0 Å². The Bertz CT molecular complexity index is 248. The average molecular weight is 169 g/mol. The third kappa shape index (κ3) is 1.81. The van der Waals surface area contributed by atoms with Crippen LogP contribution in [-0.4, -0.2) is 13.7 Å². The largest absolute Gasteiger partial charge is 0.375 e. The molecule has 0 heterocycles. The molecule has 2 nitrogen and oxygen atoms in total. The molecule has 1 aromatic rings. The van der Waals surface area contributed by atoms with Crippen molar-refractivity contribution in [2.45, 2.75) is 6.10 Å². The van der Waals surface area contributed by atoms with E-state index in [-0.39, 0.29) is 18.5 Å². The summed E-state index contributed by atoms with van der Waals surface area (Å²) in [5.41, 5.74) is 5.91. The Kier molecular flexibility index (Phi) is 3.19. The number of rotatable bonds is 3. The van der Waals surface area contributed by atoms with E-state index in [4.69, 9.17) is 10.5 Å². The number of halogens is 1. The molecule has 66 valence electrons. The lowest BCUT2D eigenvalue weighted by Crippen LogP contribution is -2.15.